The van der Waals surface area contributed by atoms with Gasteiger partial charge in [0.2, 0.25) is 0 Å². The molecule has 11 heavy (non-hydrogen) atoms. The summed E-state index contributed by atoms with van der Waals surface area (Å²) in [6.45, 7) is 0. The minimum Gasteiger partial charge on any atom is -0.381 e. The second-order valence-electron chi connectivity index (χ2n) is 3.11. The molecule has 1 fully saturated rings. The van der Waals surface area contributed by atoms with Gasteiger partial charge < -0.3 is 15.2 Å². The molecule has 0 aromatic heterocycles. The fourth-order valence-corrected chi connectivity index (χ4v) is 1.60. The number of ether oxygens (including phenoxy) is 2. The predicted octanol–water partition coefficient (Wildman–Crippen LogP) is 0.528. The van der Waals surface area contributed by atoms with Gasteiger partial charge in [0.25, 0.3) is 0 Å². The topological polar surface area (TPSA) is 44.5 Å². The molecule has 0 aliphatic heterocycles. The first-order chi connectivity index (χ1) is 5.27. The maximum atomic E-state index is 5.83. The average Bonchev–Trinajstić information content (AvgIpc) is 2.05. The number of hydrogen-bond donors (Lipinski definition) is 1. The van der Waals surface area contributed by atoms with Crippen molar-refractivity contribution in [2.75, 3.05) is 14.2 Å². The third kappa shape index (κ3) is 2.15. The summed E-state index contributed by atoms with van der Waals surface area (Å²) in [7, 11) is 3.46. The molecular weight excluding hydrogens is 142 g/mol. The van der Waals surface area contributed by atoms with Gasteiger partial charge in [-0.05, 0) is 12.8 Å². The van der Waals surface area contributed by atoms with E-state index in [1.54, 1.807) is 14.2 Å². The molecule has 0 aromatic carbocycles. The van der Waals surface area contributed by atoms with E-state index < -0.39 is 0 Å². The Kier molecular flexibility index (Phi) is 3.30. The van der Waals surface area contributed by atoms with Crippen molar-refractivity contribution in [2.24, 2.45) is 5.73 Å². The van der Waals surface area contributed by atoms with Gasteiger partial charge in [-0.1, -0.05) is 0 Å². The molecule has 66 valence electrons. The van der Waals surface area contributed by atoms with Crippen molar-refractivity contribution in [3.8, 4) is 0 Å². The summed E-state index contributed by atoms with van der Waals surface area (Å²) in [5, 5.41) is 0. The van der Waals surface area contributed by atoms with E-state index in [4.69, 9.17) is 15.2 Å². The van der Waals surface area contributed by atoms with Crippen molar-refractivity contribution >= 4 is 0 Å². The zero-order valence-corrected chi connectivity index (χ0v) is 7.25. The van der Waals surface area contributed by atoms with Gasteiger partial charge in [0.15, 0.2) is 0 Å². The van der Waals surface area contributed by atoms with Gasteiger partial charge in [0, 0.05) is 26.7 Å². The van der Waals surface area contributed by atoms with E-state index in [0.717, 1.165) is 19.3 Å². The van der Waals surface area contributed by atoms with Crippen molar-refractivity contribution in [1.82, 2.24) is 0 Å². The Morgan fingerprint density at radius 1 is 1.18 bits per heavy atom. The molecular formula is C8H17NO2. The van der Waals surface area contributed by atoms with Crippen LogP contribution in [-0.2, 0) is 9.47 Å². The lowest BCUT2D eigenvalue weighted by Crippen LogP contribution is -2.43. The normalized spacial score (nSPS) is 39.0. The van der Waals surface area contributed by atoms with Crippen LogP contribution in [0.25, 0.3) is 0 Å². The second-order valence-corrected chi connectivity index (χ2v) is 3.11. The molecule has 1 aliphatic rings. The summed E-state index contributed by atoms with van der Waals surface area (Å²) < 4.78 is 10.5. The SMILES string of the molecule is COC1CCC(N)C(OC)C1. The molecule has 1 rings (SSSR count). The quantitative estimate of drug-likeness (QED) is 0.639. The minimum atomic E-state index is 0.189. The Labute approximate surface area is 67.9 Å². The summed E-state index contributed by atoms with van der Waals surface area (Å²) in [6.07, 6.45) is 3.55. The van der Waals surface area contributed by atoms with Crippen LogP contribution in [-0.4, -0.2) is 32.5 Å². The zero-order chi connectivity index (χ0) is 8.27. The maximum absolute atomic E-state index is 5.83. The monoisotopic (exact) mass is 159 g/mol. The highest BCUT2D eigenvalue weighted by Gasteiger charge is 2.27. The van der Waals surface area contributed by atoms with Crippen LogP contribution in [0.1, 0.15) is 19.3 Å². The van der Waals surface area contributed by atoms with Crippen molar-refractivity contribution in [3.63, 3.8) is 0 Å². The molecule has 0 amide bonds. The highest BCUT2D eigenvalue weighted by Crippen LogP contribution is 2.21. The van der Waals surface area contributed by atoms with E-state index in [1.807, 2.05) is 0 Å². The zero-order valence-electron chi connectivity index (χ0n) is 7.25. The third-order valence-electron chi connectivity index (χ3n) is 2.43. The van der Waals surface area contributed by atoms with E-state index in [0.29, 0.717) is 6.10 Å². The Balaban J connectivity index is 2.37. The first kappa shape index (κ1) is 8.97. The average molecular weight is 159 g/mol. The van der Waals surface area contributed by atoms with Crippen LogP contribution in [0.2, 0.25) is 0 Å². The van der Waals surface area contributed by atoms with Crippen molar-refractivity contribution in [3.05, 3.63) is 0 Å². The maximum Gasteiger partial charge on any atom is 0.0746 e. The highest BCUT2D eigenvalue weighted by molar-refractivity contribution is 4.83. The molecule has 3 atom stereocenters. The Morgan fingerprint density at radius 2 is 1.91 bits per heavy atom. The Hall–Kier alpha value is -0.120. The van der Waals surface area contributed by atoms with Crippen LogP contribution in [0.15, 0.2) is 0 Å². The van der Waals surface area contributed by atoms with Crippen LogP contribution >= 0.6 is 0 Å². The molecule has 1 aliphatic carbocycles. The van der Waals surface area contributed by atoms with E-state index in [-0.39, 0.29) is 12.1 Å². The highest BCUT2D eigenvalue weighted by atomic mass is 16.5. The Morgan fingerprint density at radius 3 is 2.45 bits per heavy atom. The van der Waals surface area contributed by atoms with Gasteiger partial charge in [-0.2, -0.15) is 0 Å². The van der Waals surface area contributed by atoms with Gasteiger partial charge in [-0.3, -0.25) is 0 Å². The van der Waals surface area contributed by atoms with Crippen molar-refractivity contribution < 1.29 is 9.47 Å². The summed E-state index contributed by atoms with van der Waals surface area (Å²) in [4.78, 5) is 0. The van der Waals surface area contributed by atoms with E-state index in [9.17, 15) is 0 Å². The Bertz CT molecular complexity index is 119. The number of hydrogen-bond acceptors (Lipinski definition) is 3. The fraction of sp³-hybridized carbons (Fsp3) is 1.00. The summed E-state index contributed by atoms with van der Waals surface area (Å²) in [6, 6.07) is 0.200. The molecule has 1 saturated carbocycles. The minimum absolute atomic E-state index is 0.189. The predicted molar refractivity (Wildman–Crippen MR) is 43.4 cm³/mol. The molecule has 0 radical (unpaired) electrons. The van der Waals surface area contributed by atoms with Crippen LogP contribution in [0, 0.1) is 0 Å². The van der Waals surface area contributed by atoms with E-state index in [2.05, 4.69) is 0 Å². The summed E-state index contributed by atoms with van der Waals surface area (Å²) >= 11 is 0. The van der Waals surface area contributed by atoms with Crippen LogP contribution in [0.3, 0.4) is 0 Å². The standard InChI is InChI=1S/C8H17NO2/c1-10-6-3-4-7(9)8(5-6)11-2/h6-8H,3-5,9H2,1-2H3. The van der Waals surface area contributed by atoms with Gasteiger partial charge in [0.05, 0.1) is 12.2 Å². The smallest absolute Gasteiger partial charge is 0.0746 e. The number of nitrogens with two attached hydrogens (primary N) is 1. The lowest BCUT2D eigenvalue weighted by Gasteiger charge is -2.32. The summed E-state index contributed by atoms with van der Waals surface area (Å²) in [5.74, 6) is 0. The third-order valence-corrected chi connectivity index (χ3v) is 2.43. The van der Waals surface area contributed by atoms with Crippen LogP contribution in [0.5, 0.6) is 0 Å². The van der Waals surface area contributed by atoms with Gasteiger partial charge in [-0.25, -0.2) is 0 Å². The molecule has 3 unspecified atom stereocenters. The first-order valence-electron chi connectivity index (χ1n) is 4.09. The first-order valence-corrected chi connectivity index (χ1v) is 4.09. The van der Waals surface area contributed by atoms with E-state index >= 15 is 0 Å². The van der Waals surface area contributed by atoms with Crippen molar-refractivity contribution in [1.29, 1.82) is 0 Å². The fourth-order valence-electron chi connectivity index (χ4n) is 1.60. The molecule has 3 nitrogen and oxygen atoms in total. The molecule has 2 N–H and O–H groups in total. The molecule has 0 bridgehead atoms. The number of methoxy groups -OCH3 is 2. The van der Waals surface area contributed by atoms with Crippen LogP contribution < -0.4 is 5.73 Å². The molecule has 0 spiro atoms. The molecule has 0 saturated heterocycles. The molecule has 0 aromatic rings. The molecule has 3 heteroatoms. The summed E-state index contributed by atoms with van der Waals surface area (Å²) in [5.41, 5.74) is 5.83. The van der Waals surface area contributed by atoms with E-state index in [1.165, 1.54) is 0 Å². The number of rotatable bonds is 2. The van der Waals surface area contributed by atoms with Crippen LogP contribution in [0.4, 0.5) is 0 Å². The lowest BCUT2D eigenvalue weighted by molar-refractivity contribution is -0.0197. The van der Waals surface area contributed by atoms with Gasteiger partial charge in [-0.15, -0.1) is 0 Å². The van der Waals surface area contributed by atoms with Gasteiger partial charge in [0.1, 0.15) is 0 Å². The lowest BCUT2D eigenvalue weighted by atomic mass is 9.91. The second kappa shape index (κ2) is 4.04. The largest absolute Gasteiger partial charge is 0.381 e. The van der Waals surface area contributed by atoms with Crippen molar-refractivity contribution in [2.45, 2.75) is 37.5 Å². The molecule has 0 heterocycles. The van der Waals surface area contributed by atoms with Gasteiger partial charge >= 0.3 is 0 Å².